The summed E-state index contributed by atoms with van der Waals surface area (Å²) in [6.07, 6.45) is 2.47. The quantitative estimate of drug-likeness (QED) is 0.577. The van der Waals surface area contributed by atoms with Gasteiger partial charge in [0.25, 0.3) is 0 Å². The van der Waals surface area contributed by atoms with E-state index in [0.717, 1.165) is 0 Å². The third-order valence-electron chi connectivity index (χ3n) is 3.93. The molecule has 0 radical (unpaired) electrons. The molecule has 26 heavy (non-hydrogen) atoms. The number of nitrogens with zero attached hydrogens (tertiary/aromatic N) is 3. The first-order valence-corrected chi connectivity index (χ1v) is 8.97. The second kappa shape index (κ2) is 8.17. The van der Waals surface area contributed by atoms with Gasteiger partial charge in [-0.2, -0.15) is 0 Å². The van der Waals surface area contributed by atoms with E-state index < -0.39 is 16.6 Å². The van der Waals surface area contributed by atoms with Crippen LogP contribution in [0.15, 0.2) is 16.9 Å². The summed E-state index contributed by atoms with van der Waals surface area (Å²) in [6, 6.07) is -0.245. The molecule has 0 unspecified atom stereocenters. The van der Waals surface area contributed by atoms with Crippen molar-refractivity contribution in [2.24, 2.45) is 0 Å². The molecule has 2 atom stereocenters. The van der Waals surface area contributed by atoms with Crippen LogP contribution in [0.1, 0.15) is 27.2 Å². The van der Waals surface area contributed by atoms with E-state index in [1.54, 1.807) is 27.9 Å². The molecular weight excluding hydrogens is 408 g/mol. The molecule has 2 heterocycles. The van der Waals surface area contributed by atoms with Crippen molar-refractivity contribution in [1.82, 2.24) is 10.3 Å². The lowest BCUT2D eigenvalue weighted by Gasteiger charge is -2.39. The van der Waals surface area contributed by atoms with E-state index in [-0.39, 0.29) is 17.8 Å². The molecule has 10 heteroatoms. The predicted octanol–water partition coefficient (Wildman–Crippen LogP) is 2.87. The third kappa shape index (κ3) is 5.04. The lowest BCUT2D eigenvalue weighted by Crippen LogP contribution is -2.55. The number of amides is 1. The Bertz CT molecular complexity index is 679. The van der Waals surface area contributed by atoms with Crippen LogP contribution in [-0.4, -0.2) is 53.9 Å². The molecule has 1 amide bonds. The lowest BCUT2D eigenvalue weighted by atomic mass is 10.0. The molecule has 1 aliphatic heterocycles. The Morgan fingerprint density at radius 1 is 1.46 bits per heavy atom. The average molecular weight is 431 g/mol. The Kier molecular flexibility index (Phi) is 6.40. The monoisotopic (exact) mass is 430 g/mol. The van der Waals surface area contributed by atoms with Gasteiger partial charge < -0.3 is 19.7 Å². The number of nitro groups is 1. The standard InChI is InChI=1S/C16H23BrN4O5/c1-16(2,3)26-15(22)19-11-5-6-20(9-13(11)25-4)14-10(17)7-18-8-12(14)21(23)24/h7-8,11,13H,5-6,9H2,1-4H3,(H,19,22)/t11-,13+/m1/s1. The number of hydrogen-bond donors (Lipinski definition) is 1. The maximum atomic E-state index is 12.0. The van der Waals surface area contributed by atoms with E-state index in [4.69, 9.17) is 9.47 Å². The normalized spacial score (nSPS) is 20.6. The second-order valence-electron chi connectivity index (χ2n) is 7.01. The molecule has 0 bridgehead atoms. The van der Waals surface area contributed by atoms with E-state index in [1.165, 1.54) is 12.4 Å². The van der Waals surface area contributed by atoms with E-state index >= 15 is 0 Å². The molecule has 2 rings (SSSR count). The molecule has 1 fully saturated rings. The minimum Gasteiger partial charge on any atom is -0.444 e. The minimum atomic E-state index is -0.587. The number of halogens is 1. The van der Waals surface area contributed by atoms with E-state index in [2.05, 4.69) is 26.2 Å². The summed E-state index contributed by atoms with van der Waals surface area (Å²) in [7, 11) is 1.55. The Labute approximate surface area is 160 Å². The maximum Gasteiger partial charge on any atom is 0.407 e. The number of anilines is 1. The molecule has 1 aromatic rings. The highest BCUT2D eigenvalue weighted by molar-refractivity contribution is 9.10. The van der Waals surface area contributed by atoms with Gasteiger partial charge in [0.1, 0.15) is 17.5 Å². The van der Waals surface area contributed by atoms with Crippen LogP contribution in [0.2, 0.25) is 0 Å². The molecule has 0 saturated carbocycles. The summed E-state index contributed by atoms with van der Waals surface area (Å²) in [6.45, 7) is 6.29. The molecular formula is C16H23BrN4O5. The van der Waals surface area contributed by atoms with Crippen molar-refractivity contribution >= 4 is 33.4 Å². The van der Waals surface area contributed by atoms with Gasteiger partial charge in [-0.15, -0.1) is 0 Å². The van der Waals surface area contributed by atoms with Crippen LogP contribution < -0.4 is 10.2 Å². The zero-order chi connectivity index (χ0) is 19.5. The fraction of sp³-hybridized carbons (Fsp3) is 0.625. The first kappa shape index (κ1) is 20.4. The number of carbonyl (C=O) groups is 1. The van der Waals surface area contributed by atoms with E-state index in [9.17, 15) is 14.9 Å². The van der Waals surface area contributed by atoms with Crippen molar-refractivity contribution in [2.75, 3.05) is 25.1 Å². The number of alkyl carbamates (subject to hydrolysis) is 1. The van der Waals surface area contributed by atoms with Gasteiger partial charge in [-0.1, -0.05) is 0 Å². The molecule has 1 saturated heterocycles. The summed E-state index contributed by atoms with van der Waals surface area (Å²) in [5, 5.41) is 14.2. The Morgan fingerprint density at radius 3 is 2.73 bits per heavy atom. The predicted molar refractivity (Wildman–Crippen MR) is 99.4 cm³/mol. The Balaban J connectivity index is 2.13. The number of aromatic nitrogens is 1. The number of pyridine rings is 1. The lowest BCUT2D eigenvalue weighted by molar-refractivity contribution is -0.384. The highest BCUT2D eigenvalue weighted by Crippen LogP contribution is 2.36. The number of hydrogen-bond acceptors (Lipinski definition) is 7. The number of ether oxygens (including phenoxy) is 2. The SMILES string of the molecule is CO[C@H]1CN(c2c(Br)cncc2[N+](=O)[O-])CC[C@H]1NC(=O)OC(C)(C)C. The molecule has 1 N–H and O–H groups in total. The molecule has 1 aromatic heterocycles. The van der Waals surface area contributed by atoms with Gasteiger partial charge in [0.2, 0.25) is 0 Å². The fourth-order valence-corrected chi connectivity index (χ4v) is 3.42. The Morgan fingerprint density at radius 2 is 2.15 bits per heavy atom. The number of piperidine rings is 1. The molecule has 144 valence electrons. The molecule has 0 aromatic carbocycles. The molecule has 9 nitrogen and oxygen atoms in total. The fourth-order valence-electron chi connectivity index (χ4n) is 2.85. The molecule has 0 aliphatic carbocycles. The van der Waals surface area contributed by atoms with Gasteiger partial charge in [0.15, 0.2) is 0 Å². The summed E-state index contributed by atoms with van der Waals surface area (Å²) in [5.74, 6) is 0. The highest BCUT2D eigenvalue weighted by Gasteiger charge is 2.35. The van der Waals surface area contributed by atoms with Crippen LogP contribution in [0.5, 0.6) is 0 Å². The van der Waals surface area contributed by atoms with Crippen molar-refractivity contribution in [2.45, 2.75) is 44.9 Å². The van der Waals surface area contributed by atoms with Gasteiger partial charge in [-0.05, 0) is 43.1 Å². The van der Waals surface area contributed by atoms with Crippen molar-refractivity contribution in [3.8, 4) is 0 Å². The van der Waals surface area contributed by atoms with Crippen LogP contribution in [0.3, 0.4) is 0 Å². The zero-order valence-electron chi connectivity index (χ0n) is 15.2. The van der Waals surface area contributed by atoms with Gasteiger partial charge in [0.05, 0.1) is 21.5 Å². The van der Waals surface area contributed by atoms with Crippen molar-refractivity contribution in [3.05, 3.63) is 27.0 Å². The van der Waals surface area contributed by atoms with Gasteiger partial charge in [-0.25, -0.2) is 4.79 Å². The van der Waals surface area contributed by atoms with Gasteiger partial charge in [-0.3, -0.25) is 15.1 Å². The first-order valence-electron chi connectivity index (χ1n) is 8.17. The largest absolute Gasteiger partial charge is 0.444 e. The van der Waals surface area contributed by atoms with E-state index in [1.807, 2.05) is 4.90 Å². The van der Waals surface area contributed by atoms with E-state index in [0.29, 0.717) is 29.7 Å². The molecule has 0 spiro atoms. The van der Waals surface area contributed by atoms with Crippen molar-refractivity contribution in [3.63, 3.8) is 0 Å². The smallest absolute Gasteiger partial charge is 0.407 e. The Hall–Kier alpha value is -1.94. The number of rotatable bonds is 4. The van der Waals surface area contributed by atoms with Crippen LogP contribution in [0.25, 0.3) is 0 Å². The minimum absolute atomic E-state index is 0.0761. The van der Waals surface area contributed by atoms with Crippen LogP contribution in [0, 0.1) is 10.1 Å². The highest BCUT2D eigenvalue weighted by atomic mass is 79.9. The first-order chi connectivity index (χ1) is 12.1. The second-order valence-corrected chi connectivity index (χ2v) is 7.86. The number of carbonyl (C=O) groups excluding carboxylic acids is 1. The zero-order valence-corrected chi connectivity index (χ0v) is 16.8. The van der Waals surface area contributed by atoms with Gasteiger partial charge >= 0.3 is 11.8 Å². The summed E-state index contributed by atoms with van der Waals surface area (Å²) >= 11 is 3.34. The number of methoxy groups -OCH3 is 1. The summed E-state index contributed by atoms with van der Waals surface area (Å²) in [4.78, 5) is 28.6. The van der Waals surface area contributed by atoms with Gasteiger partial charge in [0, 0.05) is 26.4 Å². The topological polar surface area (TPSA) is 107 Å². The summed E-state index contributed by atoms with van der Waals surface area (Å²) in [5.41, 5.74) is -0.203. The maximum absolute atomic E-state index is 12.0. The van der Waals surface area contributed by atoms with Crippen LogP contribution in [-0.2, 0) is 9.47 Å². The summed E-state index contributed by atoms with van der Waals surface area (Å²) < 4.78 is 11.3. The number of nitrogens with one attached hydrogen (secondary N) is 1. The average Bonchev–Trinajstić information content (AvgIpc) is 2.53. The van der Waals surface area contributed by atoms with Crippen molar-refractivity contribution < 1.29 is 19.2 Å². The van der Waals surface area contributed by atoms with Crippen LogP contribution >= 0.6 is 15.9 Å². The third-order valence-corrected chi connectivity index (χ3v) is 4.51. The molecule has 1 aliphatic rings. The van der Waals surface area contributed by atoms with Crippen LogP contribution in [0.4, 0.5) is 16.2 Å². The van der Waals surface area contributed by atoms with Crippen molar-refractivity contribution in [1.29, 1.82) is 0 Å².